The van der Waals surface area contributed by atoms with Gasteiger partial charge in [-0.2, -0.15) is 0 Å². The first kappa shape index (κ1) is 17.9. The highest BCUT2D eigenvalue weighted by molar-refractivity contribution is 4.85. The highest BCUT2D eigenvalue weighted by Crippen LogP contribution is 2.22. The topological polar surface area (TPSA) is 24.5 Å². The van der Waals surface area contributed by atoms with E-state index >= 15 is 0 Å². The summed E-state index contributed by atoms with van der Waals surface area (Å²) in [5.41, 5.74) is 0. The van der Waals surface area contributed by atoms with Crippen LogP contribution in [0.25, 0.3) is 0 Å². The van der Waals surface area contributed by atoms with Gasteiger partial charge in [-0.1, -0.05) is 39.5 Å². The molecule has 1 aliphatic rings. The van der Waals surface area contributed by atoms with Gasteiger partial charge in [-0.3, -0.25) is 4.90 Å². The Labute approximate surface area is 126 Å². The van der Waals surface area contributed by atoms with Gasteiger partial charge in [-0.15, -0.1) is 0 Å². The number of nitrogens with one attached hydrogen (secondary N) is 1. The van der Waals surface area contributed by atoms with Gasteiger partial charge >= 0.3 is 0 Å². The number of likely N-dealkylation sites (N-methyl/N-ethyl adjacent to an activating group) is 1. The Morgan fingerprint density at radius 3 is 2.60 bits per heavy atom. The zero-order chi connectivity index (χ0) is 15.0. The molecule has 1 saturated heterocycles. The summed E-state index contributed by atoms with van der Waals surface area (Å²) in [7, 11) is 2.09. The number of nitrogens with zero attached hydrogens (tertiary/aromatic N) is 1. The first-order chi connectivity index (χ1) is 9.62. The molecule has 1 heterocycles. The summed E-state index contributed by atoms with van der Waals surface area (Å²) in [6.07, 6.45) is 6.93. The maximum atomic E-state index is 6.06. The standard InChI is InChI=1S/C17H36N2O/c1-6-8-9-15(7-2)12-16(18-5)17-13-19(14(3)4)10-11-20-17/h14-18H,6-13H2,1-5H3. The Hall–Kier alpha value is -0.120. The molecule has 1 rings (SSSR count). The first-order valence-corrected chi connectivity index (χ1v) is 8.65. The highest BCUT2D eigenvalue weighted by Gasteiger charge is 2.29. The normalized spacial score (nSPS) is 24.0. The minimum absolute atomic E-state index is 0.354. The zero-order valence-electron chi connectivity index (χ0n) is 14.3. The molecule has 0 saturated carbocycles. The van der Waals surface area contributed by atoms with Crippen molar-refractivity contribution in [1.82, 2.24) is 10.2 Å². The minimum Gasteiger partial charge on any atom is -0.374 e. The number of morpholine rings is 1. The van der Waals surface area contributed by atoms with E-state index in [0.717, 1.165) is 25.6 Å². The predicted molar refractivity (Wildman–Crippen MR) is 87.2 cm³/mol. The van der Waals surface area contributed by atoms with Crippen molar-refractivity contribution in [3.05, 3.63) is 0 Å². The molecule has 0 radical (unpaired) electrons. The molecule has 0 aliphatic carbocycles. The fourth-order valence-electron chi connectivity index (χ4n) is 3.20. The van der Waals surface area contributed by atoms with E-state index in [1.54, 1.807) is 0 Å². The van der Waals surface area contributed by atoms with Crippen LogP contribution in [0.15, 0.2) is 0 Å². The van der Waals surface area contributed by atoms with Gasteiger partial charge in [-0.05, 0) is 33.2 Å². The second-order valence-electron chi connectivity index (χ2n) is 6.55. The molecule has 1 aliphatic heterocycles. The summed E-state index contributed by atoms with van der Waals surface area (Å²) in [5.74, 6) is 0.838. The van der Waals surface area contributed by atoms with Crippen molar-refractivity contribution in [2.75, 3.05) is 26.7 Å². The van der Waals surface area contributed by atoms with Gasteiger partial charge in [0.1, 0.15) is 0 Å². The van der Waals surface area contributed by atoms with E-state index in [1.807, 2.05) is 0 Å². The van der Waals surface area contributed by atoms with Crippen LogP contribution in [0.5, 0.6) is 0 Å². The largest absolute Gasteiger partial charge is 0.374 e. The second kappa shape index (κ2) is 9.75. The number of rotatable bonds is 9. The van der Waals surface area contributed by atoms with Crippen LogP contribution in [0.3, 0.4) is 0 Å². The molecule has 20 heavy (non-hydrogen) atoms. The number of unbranched alkanes of at least 4 members (excludes halogenated alkanes) is 1. The van der Waals surface area contributed by atoms with Crippen molar-refractivity contribution in [3.8, 4) is 0 Å². The minimum atomic E-state index is 0.354. The Morgan fingerprint density at radius 2 is 2.05 bits per heavy atom. The maximum absolute atomic E-state index is 6.06. The summed E-state index contributed by atoms with van der Waals surface area (Å²) in [6.45, 7) is 12.2. The smallest absolute Gasteiger partial charge is 0.0855 e. The molecule has 0 aromatic heterocycles. The zero-order valence-corrected chi connectivity index (χ0v) is 14.3. The van der Waals surface area contributed by atoms with Crippen LogP contribution < -0.4 is 5.32 Å². The van der Waals surface area contributed by atoms with Crippen LogP contribution in [0.2, 0.25) is 0 Å². The van der Waals surface area contributed by atoms with Gasteiger partial charge in [0.2, 0.25) is 0 Å². The number of hydrogen-bond donors (Lipinski definition) is 1. The molecule has 3 nitrogen and oxygen atoms in total. The van der Waals surface area contributed by atoms with Crippen molar-refractivity contribution >= 4 is 0 Å². The third-order valence-corrected chi connectivity index (χ3v) is 4.81. The Balaban J connectivity index is 2.51. The summed E-state index contributed by atoms with van der Waals surface area (Å²) < 4.78 is 6.06. The molecule has 0 bridgehead atoms. The molecule has 3 unspecified atom stereocenters. The average molecular weight is 284 g/mol. The SMILES string of the molecule is CCCCC(CC)CC(NC)C1CN(C(C)C)CCO1. The fourth-order valence-corrected chi connectivity index (χ4v) is 3.20. The summed E-state index contributed by atoms with van der Waals surface area (Å²) in [4.78, 5) is 2.55. The molecule has 3 heteroatoms. The molecule has 3 atom stereocenters. The Morgan fingerprint density at radius 1 is 1.30 bits per heavy atom. The molecule has 1 fully saturated rings. The van der Waals surface area contributed by atoms with Gasteiger partial charge in [0.15, 0.2) is 0 Å². The fraction of sp³-hybridized carbons (Fsp3) is 1.00. The van der Waals surface area contributed by atoms with E-state index in [4.69, 9.17) is 4.74 Å². The monoisotopic (exact) mass is 284 g/mol. The lowest BCUT2D eigenvalue weighted by Crippen LogP contribution is -2.53. The van der Waals surface area contributed by atoms with E-state index < -0.39 is 0 Å². The molecule has 0 aromatic rings. The van der Waals surface area contributed by atoms with Crippen LogP contribution in [0, 0.1) is 5.92 Å². The van der Waals surface area contributed by atoms with Gasteiger partial charge < -0.3 is 10.1 Å². The Kier molecular flexibility index (Phi) is 8.74. The van der Waals surface area contributed by atoms with E-state index in [0.29, 0.717) is 18.2 Å². The molecular formula is C17H36N2O. The third kappa shape index (κ3) is 5.71. The lowest BCUT2D eigenvalue weighted by Gasteiger charge is -2.39. The number of hydrogen-bond acceptors (Lipinski definition) is 3. The first-order valence-electron chi connectivity index (χ1n) is 8.65. The summed E-state index contributed by atoms with van der Waals surface area (Å²) in [5, 5.41) is 3.52. The Bertz CT molecular complexity index is 245. The highest BCUT2D eigenvalue weighted by atomic mass is 16.5. The van der Waals surface area contributed by atoms with Gasteiger partial charge in [-0.25, -0.2) is 0 Å². The van der Waals surface area contributed by atoms with Crippen LogP contribution in [-0.4, -0.2) is 49.8 Å². The quantitative estimate of drug-likeness (QED) is 0.703. The summed E-state index contributed by atoms with van der Waals surface area (Å²) >= 11 is 0. The number of ether oxygens (including phenoxy) is 1. The van der Waals surface area contributed by atoms with Crippen molar-refractivity contribution in [2.45, 2.75) is 78.0 Å². The average Bonchev–Trinajstić information content (AvgIpc) is 2.47. The molecule has 120 valence electrons. The van der Waals surface area contributed by atoms with E-state index in [-0.39, 0.29) is 0 Å². The molecule has 1 N–H and O–H groups in total. The van der Waals surface area contributed by atoms with Crippen molar-refractivity contribution in [3.63, 3.8) is 0 Å². The molecule has 0 spiro atoms. The van der Waals surface area contributed by atoms with Crippen molar-refractivity contribution < 1.29 is 4.74 Å². The lowest BCUT2D eigenvalue weighted by atomic mass is 9.89. The van der Waals surface area contributed by atoms with Gasteiger partial charge in [0.05, 0.1) is 12.7 Å². The second-order valence-corrected chi connectivity index (χ2v) is 6.55. The van der Waals surface area contributed by atoms with Crippen LogP contribution >= 0.6 is 0 Å². The van der Waals surface area contributed by atoms with Crippen LogP contribution in [0.1, 0.15) is 59.8 Å². The van der Waals surface area contributed by atoms with Gasteiger partial charge in [0.25, 0.3) is 0 Å². The van der Waals surface area contributed by atoms with Gasteiger partial charge in [0, 0.05) is 25.2 Å². The lowest BCUT2D eigenvalue weighted by molar-refractivity contribution is -0.0578. The van der Waals surface area contributed by atoms with E-state index in [2.05, 4.69) is 45.0 Å². The molecule has 0 amide bonds. The third-order valence-electron chi connectivity index (χ3n) is 4.81. The van der Waals surface area contributed by atoms with E-state index in [1.165, 1.54) is 32.1 Å². The van der Waals surface area contributed by atoms with E-state index in [9.17, 15) is 0 Å². The summed E-state index contributed by atoms with van der Waals surface area (Å²) in [6, 6.07) is 1.12. The molecular weight excluding hydrogens is 248 g/mol. The van der Waals surface area contributed by atoms with Crippen molar-refractivity contribution in [2.24, 2.45) is 5.92 Å². The van der Waals surface area contributed by atoms with Crippen LogP contribution in [-0.2, 0) is 4.74 Å². The van der Waals surface area contributed by atoms with Crippen molar-refractivity contribution in [1.29, 1.82) is 0 Å². The predicted octanol–water partition coefficient (Wildman–Crippen LogP) is 3.29. The van der Waals surface area contributed by atoms with Crippen LogP contribution in [0.4, 0.5) is 0 Å². The maximum Gasteiger partial charge on any atom is 0.0855 e. The molecule has 0 aromatic carbocycles.